The number of H-pyrrole nitrogens is 1. The van der Waals surface area contributed by atoms with Gasteiger partial charge in [0.15, 0.2) is 0 Å². The van der Waals surface area contributed by atoms with Crippen LogP contribution in [0.4, 0.5) is 17.2 Å². The summed E-state index contributed by atoms with van der Waals surface area (Å²) in [5, 5.41) is 14.1. The van der Waals surface area contributed by atoms with Gasteiger partial charge in [0.05, 0.1) is 16.6 Å². The van der Waals surface area contributed by atoms with Crippen molar-refractivity contribution < 1.29 is 4.79 Å². The summed E-state index contributed by atoms with van der Waals surface area (Å²) in [6.07, 6.45) is 1.72. The summed E-state index contributed by atoms with van der Waals surface area (Å²) in [5.74, 6) is 0.636. The quantitative estimate of drug-likeness (QED) is 0.689. The summed E-state index contributed by atoms with van der Waals surface area (Å²) in [6, 6.07) is 9.37. The van der Waals surface area contributed by atoms with Gasteiger partial charge in [-0.25, -0.2) is 4.98 Å². The lowest BCUT2D eigenvalue weighted by Crippen LogP contribution is -2.05. The molecule has 0 radical (unpaired) electrons. The van der Waals surface area contributed by atoms with Crippen LogP contribution < -0.4 is 10.6 Å². The van der Waals surface area contributed by atoms with Gasteiger partial charge in [0, 0.05) is 24.5 Å². The number of anilines is 3. The first-order valence-electron chi connectivity index (χ1n) is 6.58. The maximum atomic E-state index is 11.1. The van der Waals surface area contributed by atoms with Crippen LogP contribution in [0.1, 0.15) is 12.6 Å². The minimum absolute atomic E-state index is 0.0990. The fourth-order valence-electron chi connectivity index (χ4n) is 2.23. The van der Waals surface area contributed by atoms with Crippen LogP contribution in [0.2, 0.25) is 0 Å². The highest BCUT2D eigenvalue weighted by Crippen LogP contribution is 2.26. The highest BCUT2D eigenvalue weighted by Gasteiger charge is 2.08. The van der Waals surface area contributed by atoms with Gasteiger partial charge in [-0.3, -0.25) is 9.89 Å². The third kappa shape index (κ3) is 2.69. The molecule has 0 saturated heterocycles. The van der Waals surface area contributed by atoms with Gasteiger partial charge in [0.1, 0.15) is 5.82 Å². The molecule has 3 aromatic rings. The van der Waals surface area contributed by atoms with E-state index >= 15 is 0 Å². The Labute approximate surface area is 121 Å². The number of carbonyl (C=O) groups is 1. The zero-order valence-electron chi connectivity index (χ0n) is 11.8. The molecule has 0 aliphatic rings. The Balaban J connectivity index is 1.95. The fourth-order valence-corrected chi connectivity index (χ4v) is 2.23. The Morgan fingerprint density at radius 3 is 2.86 bits per heavy atom. The van der Waals surface area contributed by atoms with Crippen LogP contribution in [0.15, 0.2) is 36.5 Å². The van der Waals surface area contributed by atoms with Crippen molar-refractivity contribution in [3.05, 3.63) is 42.2 Å². The van der Waals surface area contributed by atoms with E-state index in [4.69, 9.17) is 0 Å². The molecule has 106 valence electrons. The number of hydrogen-bond donors (Lipinski definition) is 3. The van der Waals surface area contributed by atoms with E-state index in [9.17, 15) is 4.79 Å². The largest absolute Gasteiger partial charge is 0.340 e. The number of benzene rings is 1. The minimum atomic E-state index is -0.0990. The zero-order valence-corrected chi connectivity index (χ0v) is 11.8. The predicted molar refractivity (Wildman–Crippen MR) is 82.7 cm³/mol. The standard InChI is InChI=1S/C15H15N5O/c1-9-14-13(20-19-9)6-7-16-15(14)18-12-5-3-4-11(8-12)17-10(2)21/h3-8H,1-2H3,(H,16,18)(H,17,21)(H,19,20). The average Bonchev–Trinajstić information content (AvgIpc) is 2.81. The first kappa shape index (κ1) is 13.1. The molecule has 6 nitrogen and oxygen atoms in total. The predicted octanol–water partition coefficient (Wildman–Crippen LogP) is 2.97. The van der Waals surface area contributed by atoms with Crippen molar-refractivity contribution in [2.24, 2.45) is 0 Å². The van der Waals surface area contributed by atoms with Crippen molar-refractivity contribution in [3.63, 3.8) is 0 Å². The zero-order chi connectivity index (χ0) is 14.8. The summed E-state index contributed by atoms with van der Waals surface area (Å²) in [5.41, 5.74) is 3.41. The van der Waals surface area contributed by atoms with Gasteiger partial charge in [-0.2, -0.15) is 5.10 Å². The fraction of sp³-hybridized carbons (Fsp3) is 0.133. The molecule has 1 aromatic carbocycles. The average molecular weight is 281 g/mol. The maximum Gasteiger partial charge on any atom is 0.221 e. The molecule has 3 N–H and O–H groups in total. The lowest BCUT2D eigenvalue weighted by molar-refractivity contribution is -0.114. The molecule has 0 bridgehead atoms. The third-order valence-corrected chi connectivity index (χ3v) is 3.10. The molecule has 6 heteroatoms. The second-order valence-corrected chi connectivity index (χ2v) is 4.78. The molecule has 21 heavy (non-hydrogen) atoms. The van der Waals surface area contributed by atoms with Gasteiger partial charge in [-0.1, -0.05) is 6.07 Å². The van der Waals surface area contributed by atoms with Crippen molar-refractivity contribution in [3.8, 4) is 0 Å². The Bertz CT molecular complexity index is 809. The van der Waals surface area contributed by atoms with Gasteiger partial charge in [0.25, 0.3) is 0 Å². The van der Waals surface area contributed by atoms with E-state index in [1.807, 2.05) is 37.3 Å². The van der Waals surface area contributed by atoms with Crippen molar-refractivity contribution >= 4 is 34.0 Å². The Morgan fingerprint density at radius 2 is 2.05 bits per heavy atom. The van der Waals surface area contributed by atoms with Crippen LogP contribution >= 0.6 is 0 Å². The van der Waals surface area contributed by atoms with E-state index in [1.54, 1.807) is 6.20 Å². The monoisotopic (exact) mass is 281 g/mol. The minimum Gasteiger partial charge on any atom is -0.340 e. The molecule has 2 heterocycles. The van der Waals surface area contributed by atoms with Gasteiger partial charge in [-0.05, 0) is 31.2 Å². The number of aromatic nitrogens is 3. The molecule has 0 atom stereocenters. The molecule has 0 aliphatic carbocycles. The Kier molecular flexibility index (Phi) is 3.27. The number of hydrogen-bond acceptors (Lipinski definition) is 4. The second kappa shape index (κ2) is 5.24. The molecule has 0 spiro atoms. The lowest BCUT2D eigenvalue weighted by Gasteiger charge is -2.09. The smallest absolute Gasteiger partial charge is 0.221 e. The molecular formula is C15H15N5O. The molecule has 3 rings (SSSR count). The van der Waals surface area contributed by atoms with E-state index in [0.717, 1.165) is 33.8 Å². The van der Waals surface area contributed by atoms with Gasteiger partial charge >= 0.3 is 0 Å². The molecular weight excluding hydrogens is 266 g/mol. The maximum absolute atomic E-state index is 11.1. The number of aryl methyl sites for hydroxylation is 1. The first-order chi connectivity index (χ1) is 10.1. The molecule has 1 amide bonds. The number of nitrogens with one attached hydrogen (secondary N) is 3. The van der Waals surface area contributed by atoms with Crippen LogP contribution in [0.5, 0.6) is 0 Å². The molecule has 0 saturated carbocycles. The first-order valence-corrected chi connectivity index (χ1v) is 6.58. The van der Waals surface area contributed by atoms with E-state index in [1.165, 1.54) is 6.92 Å². The number of rotatable bonds is 3. The molecule has 0 fully saturated rings. The normalized spacial score (nSPS) is 10.6. The molecule has 0 aliphatic heterocycles. The SMILES string of the molecule is CC(=O)Nc1cccc(Nc2nccc3[nH]nc(C)c23)c1. The summed E-state index contributed by atoms with van der Waals surface area (Å²) >= 11 is 0. The number of aromatic amines is 1. The number of carbonyl (C=O) groups excluding carboxylic acids is 1. The van der Waals surface area contributed by atoms with Crippen molar-refractivity contribution in [1.29, 1.82) is 0 Å². The van der Waals surface area contributed by atoms with Crippen LogP contribution in [0, 0.1) is 6.92 Å². The third-order valence-electron chi connectivity index (χ3n) is 3.10. The van der Waals surface area contributed by atoms with E-state index in [2.05, 4.69) is 25.8 Å². The summed E-state index contributed by atoms with van der Waals surface area (Å²) in [4.78, 5) is 15.5. The second-order valence-electron chi connectivity index (χ2n) is 4.78. The highest BCUT2D eigenvalue weighted by molar-refractivity contribution is 5.93. The van der Waals surface area contributed by atoms with Crippen LogP contribution in [-0.4, -0.2) is 21.1 Å². The van der Waals surface area contributed by atoms with Gasteiger partial charge in [0.2, 0.25) is 5.91 Å². The van der Waals surface area contributed by atoms with E-state index in [0.29, 0.717) is 0 Å². The van der Waals surface area contributed by atoms with Crippen LogP contribution in [-0.2, 0) is 4.79 Å². The Hall–Kier alpha value is -2.89. The topological polar surface area (TPSA) is 82.7 Å². The number of amides is 1. The van der Waals surface area contributed by atoms with Crippen molar-refractivity contribution in [2.45, 2.75) is 13.8 Å². The van der Waals surface area contributed by atoms with Crippen molar-refractivity contribution in [1.82, 2.24) is 15.2 Å². The van der Waals surface area contributed by atoms with E-state index in [-0.39, 0.29) is 5.91 Å². The number of pyridine rings is 1. The lowest BCUT2D eigenvalue weighted by atomic mass is 10.2. The summed E-state index contributed by atoms with van der Waals surface area (Å²) in [6.45, 7) is 3.41. The Morgan fingerprint density at radius 1 is 1.24 bits per heavy atom. The number of fused-ring (bicyclic) bond motifs is 1. The summed E-state index contributed by atoms with van der Waals surface area (Å²) in [7, 11) is 0. The summed E-state index contributed by atoms with van der Waals surface area (Å²) < 4.78 is 0. The van der Waals surface area contributed by atoms with E-state index < -0.39 is 0 Å². The molecule has 0 unspecified atom stereocenters. The highest BCUT2D eigenvalue weighted by atomic mass is 16.1. The van der Waals surface area contributed by atoms with Crippen LogP contribution in [0.25, 0.3) is 10.9 Å². The van der Waals surface area contributed by atoms with Crippen LogP contribution in [0.3, 0.4) is 0 Å². The van der Waals surface area contributed by atoms with Gasteiger partial charge in [-0.15, -0.1) is 0 Å². The number of nitrogens with zero attached hydrogens (tertiary/aromatic N) is 2. The molecule has 2 aromatic heterocycles. The van der Waals surface area contributed by atoms with Crippen molar-refractivity contribution in [2.75, 3.05) is 10.6 Å². The van der Waals surface area contributed by atoms with Gasteiger partial charge < -0.3 is 10.6 Å².